The summed E-state index contributed by atoms with van der Waals surface area (Å²) in [6.07, 6.45) is 1.48. The van der Waals surface area contributed by atoms with Crippen LogP contribution < -0.4 is 5.32 Å². The highest BCUT2D eigenvalue weighted by atomic mass is 16.5. The number of nitrogens with one attached hydrogen (secondary N) is 1. The second kappa shape index (κ2) is 7.19. The van der Waals surface area contributed by atoms with E-state index in [9.17, 15) is 9.59 Å². The predicted molar refractivity (Wildman–Crippen MR) is 76.4 cm³/mol. The molecule has 1 aliphatic heterocycles. The van der Waals surface area contributed by atoms with Gasteiger partial charge in [-0.3, -0.25) is 4.79 Å². The van der Waals surface area contributed by atoms with E-state index in [2.05, 4.69) is 5.32 Å². The van der Waals surface area contributed by atoms with Crippen LogP contribution in [0.4, 0.5) is 5.69 Å². The van der Waals surface area contributed by atoms with Crippen LogP contribution in [0.15, 0.2) is 24.3 Å². The van der Waals surface area contributed by atoms with Crippen LogP contribution in [0.25, 0.3) is 0 Å². The van der Waals surface area contributed by atoms with Gasteiger partial charge in [0.05, 0.1) is 18.3 Å². The van der Waals surface area contributed by atoms with E-state index in [1.807, 2.05) is 0 Å². The predicted octanol–water partition coefficient (Wildman–Crippen LogP) is 1.91. The lowest BCUT2D eigenvalue weighted by Gasteiger charge is -2.16. The van der Waals surface area contributed by atoms with Crippen LogP contribution in [0.3, 0.4) is 0 Å². The van der Waals surface area contributed by atoms with Gasteiger partial charge >= 0.3 is 5.97 Å². The van der Waals surface area contributed by atoms with Crippen LogP contribution in [0.2, 0.25) is 0 Å². The van der Waals surface area contributed by atoms with Gasteiger partial charge < -0.3 is 19.9 Å². The maximum absolute atomic E-state index is 11.9. The quantitative estimate of drug-likeness (QED) is 0.837. The Morgan fingerprint density at radius 1 is 1.43 bits per heavy atom. The number of carboxylic acid groups (broad SMARTS) is 1. The van der Waals surface area contributed by atoms with Crippen LogP contribution in [0, 0.1) is 0 Å². The topological polar surface area (TPSA) is 84.9 Å². The first-order chi connectivity index (χ1) is 10.1. The third-order valence-corrected chi connectivity index (χ3v) is 3.32. The Bertz CT molecular complexity index is 493. The number of rotatable bonds is 6. The number of hydrogen-bond acceptors (Lipinski definition) is 4. The van der Waals surface area contributed by atoms with Crippen molar-refractivity contribution in [1.82, 2.24) is 0 Å². The summed E-state index contributed by atoms with van der Waals surface area (Å²) in [6.45, 7) is 2.84. The molecule has 1 heterocycles. The summed E-state index contributed by atoms with van der Waals surface area (Å²) < 4.78 is 10.9. The zero-order valence-electron chi connectivity index (χ0n) is 11.9. The molecule has 0 aliphatic carbocycles. The first kappa shape index (κ1) is 15.5. The summed E-state index contributed by atoms with van der Waals surface area (Å²) >= 11 is 0. The van der Waals surface area contributed by atoms with Gasteiger partial charge in [0.1, 0.15) is 6.10 Å². The number of carbonyl (C=O) groups excluding carboxylic acids is 1. The molecular formula is C15H19NO5. The lowest BCUT2D eigenvalue weighted by molar-refractivity contribution is -0.128. The molecule has 1 saturated heterocycles. The molecule has 1 fully saturated rings. The minimum absolute atomic E-state index is 0.0788. The Morgan fingerprint density at radius 2 is 2.14 bits per heavy atom. The molecule has 0 aromatic heterocycles. The monoisotopic (exact) mass is 293 g/mol. The molecule has 1 aliphatic rings. The number of aromatic carboxylic acids is 1. The van der Waals surface area contributed by atoms with Crippen LogP contribution in [0.1, 0.15) is 30.1 Å². The molecule has 2 N–H and O–H groups in total. The Hall–Kier alpha value is -1.92. The van der Waals surface area contributed by atoms with Crippen molar-refractivity contribution in [3.8, 4) is 0 Å². The minimum atomic E-state index is -0.999. The zero-order valence-corrected chi connectivity index (χ0v) is 11.9. The molecule has 2 rings (SSSR count). The number of carbonyl (C=O) groups is 2. The molecule has 1 amide bonds. The Labute approximate surface area is 123 Å². The Balaban J connectivity index is 1.80. The van der Waals surface area contributed by atoms with Crippen LogP contribution in [-0.2, 0) is 14.3 Å². The van der Waals surface area contributed by atoms with Crippen molar-refractivity contribution < 1.29 is 24.2 Å². The van der Waals surface area contributed by atoms with Gasteiger partial charge in [0.15, 0.2) is 0 Å². The summed E-state index contributed by atoms with van der Waals surface area (Å²) in [7, 11) is 0. The molecule has 6 nitrogen and oxygen atoms in total. The van der Waals surface area contributed by atoms with E-state index >= 15 is 0 Å². The van der Waals surface area contributed by atoms with E-state index in [1.54, 1.807) is 19.1 Å². The van der Waals surface area contributed by atoms with Gasteiger partial charge in [0, 0.05) is 12.3 Å². The number of carboxylic acids is 1. The fraction of sp³-hybridized carbons (Fsp3) is 0.467. The van der Waals surface area contributed by atoms with Gasteiger partial charge in [-0.1, -0.05) is 0 Å². The SMILES string of the molecule is C[C@H](OC[C@@H]1CCCO1)C(=O)Nc1ccc(C(=O)O)cc1. The normalized spacial score (nSPS) is 19.2. The summed E-state index contributed by atoms with van der Waals surface area (Å²) in [5.41, 5.74) is 0.716. The maximum atomic E-state index is 11.9. The highest BCUT2D eigenvalue weighted by molar-refractivity contribution is 5.94. The molecule has 21 heavy (non-hydrogen) atoms. The van der Waals surface area contributed by atoms with E-state index in [0.29, 0.717) is 12.3 Å². The van der Waals surface area contributed by atoms with Crippen molar-refractivity contribution in [3.05, 3.63) is 29.8 Å². The van der Waals surface area contributed by atoms with E-state index in [4.69, 9.17) is 14.6 Å². The van der Waals surface area contributed by atoms with Gasteiger partial charge in [-0.15, -0.1) is 0 Å². The van der Waals surface area contributed by atoms with Crippen LogP contribution in [-0.4, -0.2) is 42.4 Å². The van der Waals surface area contributed by atoms with Crippen molar-refractivity contribution in [2.45, 2.75) is 32.0 Å². The van der Waals surface area contributed by atoms with Gasteiger partial charge in [-0.05, 0) is 44.0 Å². The van der Waals surface area contributed by atoms with Gasteiger partial charge in [-0.2, -0.15) is 0 Å². The fourth-order valence-electron chi connectivity index (χ4n) is 2.04. The molecule has 1 aromatic carbocycles. The molecule has 0 bridgehead atoms. The molecule has 0 unspecified atom stereocenters. The maximum Gasteiger partial charge on any atom is 0.335 e. The average molecular weight is 293 g/mol. The van der Waals surface area contributed by atoms with Crippen molar-refractivity contribution >= 4 is 17.6 Å². The van der Waals surface area contributed by atoms with Crippen molar-refractivity contribution in [2.24, 2.45) is 0 Å². The lowest BCUT2D eigenvalue weighted by atomic mass is 10.2. The summed E-state index contributed by atoms with van der Waals surface area (Å²) in [6, 6.07) is 5.98. The van der Waals surface area contributed by atoms with Gasteiger partial charge in [0.25, 0.3) is 5.91 Å². The largest absolute Gasteiger partial charge is 0.478 e. The van der Waals surface area contributed by atoms with E-state index in [-0.39, 0.29) is 17.6 Å². The Morgan fingerprint density at radius 3 is 2.71 bits per heavy atom. The zero-order chi connectivity index (χ0) is 15.2. The van der Waals surface area contributed by atoms with Crippen molar-refractivity contribution in [1.29, 1.82) is 0 Å². The lowest BCUT2D eigenvalue weighted by Crippen LogP contribution is -2.30. The smallest absolute Gasteiger partial charge is 0.335 e. The Kier molecular flexibility index (Phi) is 5.30. The number of ether oxygens (including phenoxy) is 2. The van der Waals surface area contributed by atoms with Crippen LogP contribution in [0.5, 0.6) is 0 Å². The molecule has 0 radical (unpaired) electrons. The van der Waals surface area contributed by atoms with Crippen LogP contribution >= 0.6 is 0 Å². The van der Waals surface area contributed by atoms with Crippen molar-refractivity contribution in [2.75, 3.05) is 18.5 Å². The number of amides is 1. The molecular weight excluding hydrogens is 274 g/mol. The summed E-state index contributed by atoms with van der Waals surface area (Å²) in [5, 5.41) is 11.5. The molecule has 1 aromatic rings. The standard InChI is InChI=1S/C15H19NO5/c1-10(21-9-13-3-2-8-20-13)14(17)16-12-6-4-11(5-7-12)15(18)19/h4-7,10,13H,2-3,8-9H2,1H3,(H,16,17)(H,18,19)/t10-,13-/m0/s1. The first-order valence-corrected chi connectivity index (χ1v) is 6.93. The highest BCUT2D eigenvalue weighted by Gasteiger charge is 2.19. The molecule has 0 spiro atoms. The van der Waals surface area contributed by atoms with E-state index in [1.165, 1.54) is 12.1 Å². The second-order valence-corrected chi connectivity index (χ2v) is 4.98. The molecule has 6 heteroatoms. The number of anilines is 1. The molecule has 2 atom stereocenters. The first-order valence-electron chi connectivity index (χ1n) is 6.93. The van der Waals surface area contributed by atoms with E-state index in [0.717, 1.165) is 19.4 Å². The minimum Gasteiger partial charge on any atom is -0.478 e. The molecule has 0 saturated carbocycles. The third kappa shape index (κ3) is 4.54. The van der Waals surface area contributed by atoms with Gasteiger partial charge in [-0.25, -0.2) is 4.79 Å². The highest BCUT2D eigenvalue weighted by Crippen LogP contribution is 2.14. The number of benzene rings is 1. The summed E-state index contributed by atoms with van der Waals surface area (Å²) in [4.78, 5) is 22.7. The average Bonchev–Trinajstić information content (AvgIpc) is 2.98. The van der Waals surface area contributed by atoms with E-state index < -0.39 is 12.1 Å². The number of hydrogen-bond donors (Lipinski definition) is 2. The second-order valence-electron chi connectivity index (χ2n) is 4.98. The van der Waals surface area contributed by atoms with Gasteiger partial charge in [0.2, 0.25) is 0 Å². The third-order valence-electron chi connectivity index (χ3n) is 3.32. The summed E-state index contributed by atoms with van der Waals surface area (Å²) in [5.74, 6) is -1.27. The molecule has 114 valence electrons. The fourth-order valence-corrected chi connectivity index (χ4v) is 2.04. The van der Waals surface area contributed by atoms with Crippen molar-refractivity contribution in [3.63, 3.8) is 0 Å².